The van der Waals surface area contributed by atoms with E-state index in [-0.39, 0.29) is 0 Å². The Morgan fingerprint density at radius 2 is 1.97 bits per heavy atom. The first kappa shape index (κ1) is 21.9. The van der Waals surface area contributed by atoms with Crippen molar-refractivity contribution in [3.8, 4) is 17.0 Å². The Hall–Kier alpha value is -2.93. The topological polar surface area (TPSA) is 71.3 Å². The SMILES string of the molecule is CCN(C)C1CCC(c2cc3c(C(C)C)c(-c4cc(OC)c5ncnn5c4)[nH]c3cn2)CC1. The molecule has 4 aromatic rings. The molecule has 7 heteroatoms. The third-order valence-corrected chi connectivity index (χ3v) is 7.41. The van der Waals surface area contributed by atoms with Gasteiger partial charge >= 0.3 is 0 Å². The van der Waals surface area contributed by atoms with Gasteiger partial charge in [-0.25, -0.2) is 9.50 Å². The lowest BCUT2D eigenvalue weighted by atomic mass is 9.83. The molecule has 0 bridgehead atoms. The van der Waals surface area contributed by atoms with Crippen molar-refractivity contribution in [1.29, 1.82) is 0 Å². The summed E-state index contributed by atoms with van der Waals surface area (Å²) in [5, 5.41) is 5.61. The van der Waals surface area contributed by atoms with Gasteiger partial charge in [-0.15, -0.1) is 0 Å². The van der Waals surface area contributed by atoms with E-state index in [1.165, 1.54) is 42.3 Å². The first-order valence-corrected chi connectivity index (χ1v) is 12.1. The highest BCUT2D eigenvalue weighted by Crippen LogP contribution is 2.39. The lowest BCUT2D eigenvalue weighted by Gasteiger charge is -2.34. The molecule has 0 saturated heterocycles. The second-order valence-electron chi connectivity index (χ2n) is 9.63. The Kier molecular flexibility index (Phi) is 5.83. The largest absolute Gasteiger partial charge is 0.493 e. The van der Waals surface area contributed by atoms with Crippen LogP contribution in [0.2, 0.25) is 0 Å². The van der Waals surface area contributed by atoms with Crippen LogP contribution >= 0.6 is 0 Å². The van der Waals surface area contributed by atoms with Gasteiger partial charge in [0.2, 0.25) is 0 Å². The van der Waals surface area contributed by atoms with E-state index in [2.05, 4.69) is 53.9 Å². The highest BCUT2D eigenvalue weighted by Gasteiger charge is 2.26. The third kappa shape index (κ3) is 3.88. The lowest BCUT2D eigenvalue weighted by molar-refractivity contribution is 0.189. The van der Waals surface area contributed by atoms with Gasteiger partial charge in [-0.3, -0.25) is 4.98 Å². The van der Waals surface area contributed by atoms with Gasteiger partial charge in [-0.2, -0.15) is 5.10 Å². The van der Waals surface area contributed by atoms with Crippen LogP contribution in [0.1, 0.15) is 69.5 Å². The van der Waals surface area contributed by atoms with Crippen LogP contribution in [0, 0.1) is 0 Å². The maximum atomic E-state index is 5.60. The molecular weight excluding hydrogens is 412 g/mol. The molecule has 4 aromatic heterocycles. The van der Waals surface area contributed by atoms with Crippen molar-refractivity contribution in [2.75, 3.05) is 20.7 Å². The first-order valence-electron chi connectivity index (χ1n) is 12.1. The van der Waals surface area contributed by atoms with E-state index >= 15 is 0 Å². The van der Waals surface area contributed by atoms with Crippen LogP contribution in [0.3, 0.4) is 0 Å². The molecule has 0 amide bonds. The minimum absolute atomic E-state index is 0.357. The molecule has 4 heterocycles. The van der Waals surface area contributed by atoms with E-state index in [9.17, 15) is 0 Å². The normalized spacial score (nSPS) is 19.2. The summed E-state index contributed by atoms with van der Waals surface area (Å²) in [6.45, 7) is 7.87. The molecule has 1 aliphatic rings. The van der Waals surface area contributed by atoms with Gasteiger partial charge in [-0.1, -0.05) is 20.8 Å². The van der Waals surface area contributed by atoms with Crippen molar-refractivity contribution < 1.29 is 4.74 Å². The number of methoxy groups -OCH3 is 1. The zero-order chi connectivity index (χ0) is 23.1. The third-order valence-electron chi connectivity index (χ3n) is 7.41. The van der Waals surface area contributed by atoms with E-state index in [0.717, 1.165) is 29.0 Å². The number of aromatic nitrogens is 5. The summed E-state index contributed by atoms with van der Waals surface area (Å²) in [6, 6.07) is 5.09. The number of aromatic amines is 1. The van der Waals surface area contributed by atoms with E-state index in [0.29, 0.717) is 23.6 Å². The Morgan fingerprint density at radius 1 is 1.18 bits per heavy atom. The molecule has 0 atom stereocenters. The number of hydrogen-bond acceptors (Lipinski definition) is 5. The van der Waals surface area contributed by atoms with Crippen LogP contribution in [-0.2, 0) is 0 Å². The molecule has 33 heavy (non-hydrogen) atoms. The Labute approximate surface area is 195 Å². The van der Waals surface area contributed by atoms with E-state index in [1.54, 1.807) is 18.0 Å². The fourth-order valence-corrected chi connectivity index (χ4v) is 5.43. The highest BCUT2D eigenvalue weighted by atomic mass is 16.5. The van der Waals surface area contributed by atoms with Crippen molar-refractivity contribution in [2.24, 2.45) is 0 Å². The second kappa shape index (κ2) is 8.78. The van der Waals surface area contributed by atoms with Crippen molar-refractivity contribution >= 4 is 16.6 Å². The summed E-state index contributed by atoms with van der Waals surface area (Å²) < 4.78 is 7.38. The Morgan fingerprint density at radius 3 is 2.67 bits per heavy atom. The van der Waals surface area contributed by atoms with Gasteiger partial charge in [0.15, 0.2) is 11.4 Å². The molecule has 1 saturated carbocycles. The summed E-state index contributed by atoms with van der Waals surface area (Å²) in [5.41, 5.74) is 6.48. The highest BCUT2D eigenvalue weighted by molar-refractivity contribution is 5.91. The lowest BCUT2D eigenvalue weighted by Crippen LogP contribution is -2.34. The molecule has 1 N–H and O–H groups in total. The van der Waals surface area contributed by atoms with Crippen LogP contribution in [0.25, 0.3) is 27.8 Å². The predicted octanol–water partition coefficient (Wildman–Crippen LogP) is 5.38. The smallest absolute Gasteiger partial charge is 0.197 e. The number of fused-ring (bicyclic) bond motifs is 2. The predicted molar refractivity (Wildman–Crippen MR) is 132 cm³/mol. The Balaban J connectivity index is 1.54. The van der Waals surface area contributed by atoms with Crippen molar-refractivity contribution in [3.63, 3.8) is 0 Å². The molecule has 0 aliphatic heterocycles. The zero-order valence-electron chi connectivity index (χ0n) is 20.3. The molecular formula is C26H34N6O. The molecule has 0 spiro atoms. The number of hydrogen-bond donors (Lipinski definition) is 1. The molecule has 0 radical (unpaired) electrons. The molecule has 7 nitrogen and oxygen atoms in total. The van der Waals surface area contributed by atoms with E-state index in [1.807, 2.05) is 18.5 Å². The minimum Gasteiger partial charge on any atom is -0.493 e. The molecule has 1 fully saturated rings. The minimum atomic E-state index is 0.357. The van der Waals surface area contributed by atoms with Gasteiger partial charge in [0.05, 0.1) is 24.5 Å². The summed E-state index contributed by atoms with van der Waals surface area (Å²) in [6.07, 6.45) is 10.5. The molecule has 1 aliphatic carbocycles. The molecule has 5 rings (SSSR count). The van der Waals surface area contributed by atoms with Crippen molar-refractivity contribution in [1.82, 2.24) is 29.5 Å². The maximum Gasteiger partial charge on any atom is 0.197 e. The quantitative estimate of drug-likeness (QED) is 0.430. The summed E-state index contributed by atoms with van der Waals surface area (Å²) in [5.74, 6) is 1.61. The van der Waals surface area contributed by atoms with Crippen LogP contribution in [-0.4, -0.2) is 56.2 Å². The summed E-state index contributed by atoms with van der Waals surface area (Å²) in [7, 11) is 3.92. The number of nitrogens with zero attached hydrogens (tertiary/aromatic N) is 5. The maximum absolute atomic E-state index is 5.60. The number of ether oxygens (including phenoxy) is 1. The second-order valence-corrected chi connectivity index (χ2v) is 9.63. The van der Waals surface area contributed by atoms with Gasteiger partial charge < -0.3 is 14.6 Å². The zero-order valence-corrected chi connectivity index (χ0v) is 20.3. The van der Waals surface area contributed by atoms with Crippen LogP contribution in [0.4, 0.5) is 0 Å². The monoisotopic (exact) mass is 446 g/mol. The van der Waals surface area contributed by atoms with Crippen molar-refractivity contribution in [2.45, 2.75) is 64.3 Å². The number of pyridine rings is 2. The molecule has 174 valence electrons. The summed E-state index contributed by atoms with van der Waals surface area (Å²) in [4.78, 5) is 15.4. The first-order chi connectivity index (χ1) is 16.0. The molecule has 0 aromatic carbocycles. The van der Waals surface area contributed by atoms with Crippen LogP contribution < -0.4 is 4.74 Å². The fourth-order valence-electron chi connectivity index (χ4n) is 5.43. The molecule has 0 unspecified atom stereocenters. The average Bonchev–Trinajstić information content (AvgIpc) is 3.47. The van der Waals surface area contributed by atoms with Crippen LogP contribution in [0.5, 0.6) is 5.75 Å². The van der Waals surface area contributed by atoms with Gasteiger partial charge in [0.1, 0.15) is 6.33 Å². The average molecular weight is 447 g/mol. The number of H-pyrrole nitrogens is 1. The van der Waals surface area contributed by atoms with Gasteiger partial charge in [-0.05, 0) is 62.9 Å². The standard InChI is InChI=1S/C26H34N6O/c1-6-31(4)19-9-7-17(8-10-19)21-12-20-22(13-27-21)30-25(24(20)16(2)3)18-11-23(33-5)26-28-15-29-32(26)14-18/h11-17,19,30H,6-10H2,1-5H3. The fraction of sp³-hybridized carbons (Fsp3) is 0.500. The summed E-state index contributed by atoms with van der Waals surface area (Å²) >= 11 is 0. The van der Waals surface area contributed by atoms with Gasteiger partial charge in [0.25, 0.3) is 0 Å². The van der Waals surface area contributed by atoms with Crippen molar-refractivity contribution in [3.05, 3.63) is 42.1 Å². The van der Waals surface area contributed by atoms with E-state index in [4.69, 9.17) is 9.72 Å². The number of nitrogens with one attached hydrogen (secondary N) is 1. The number of rotatable bonds is 6. The van der Waals surface area contributed by atoms with Gasteiger partial charge in [0, 0.05) is 34.8 Å². The van der Waals surface area contributed by atoms with Crippen LogP contribution in [0.15, 0.2) is 30.9 Å². The Bertz CT molecular complexity index is 1260. The van der Waals surface area contributed by atoms with E-state index < -0.39 is 0 Å².